The first kappa shape index (κ1) is 24.5. The second-order valence-electron chi connectivity index (χ2n) is 10.0. The van der Waals surface area contributed by atoms with Crippen LogP contribution in [0.5, 0.6) is 0 Å². The van der Waals surface area contributed by atoms with Gasteiger partial charge in [0, 0.05) is 12.1 Å². The van der Waals surface area contributed by atoms with E-state index in [-0.39, 0.29) is 11.9 Å². The van der Waals surface area contributed by atoms with Crippen molar-refractivity contribution in [2.75, 3.05) is 0 Å². The van der Waals surface area contributed by atoms with E-state index in [1.165, 1.54) is 22.3 Å². The Kier molecular flexibility index (Phi) is 6.91. The summed E-state index contributed by atoms with van der Waals surface area (Å²) >= 11 is 0. The molecule has 0 saturated heterocycles. The lowest BCUT2D eigenvalue weighted by Gasteiger charge is -2.16. The molecule has 1 aromatic heterocycles. The van der Waals surface area contributed by atoms with Crippen LogP contribution in [-0.2, 0) is 6.54 Å². The van der Waals surface area contributed by atoms with Crippen LogP contribution in [0.2, 0.25) is 0 Å². The van der Waals surface area contributed by atoms with E-state index in [0.29, 0.717) is 18.0 Å². The van der Waals surface area contributed by atoms with Crippen molar-refractivity contribution in [3.63, 3.8) is 0 Å². The maximum atomic E-state index is 13.2. The van der Waals surface area contributed by atoms with Gasteiger partial charge in [-0.1, -0.05) is 92.7 Å². The number of amides is 1. The molecule has 0 aliphatic heterocycles. The van der Waals surface area contributed by atoms with Gasteiger partial charge < -0.3 is 9.88 Å². The van der Waals surface area contributed by atoms with E-state index in [1.807, 2.05) is 38.1 Å². The van der Waals surface area contributed by atoms with E-state index in [9.17, 15) is 4.79 Å². The molecule has 0 fully saturated rings. The van der Waals surface area contributed by atoms with Crippen molar-refractivity contribution in [1.29, 1.82) is 0 Å². The van der Waals surface area contributed by atoms with Crippen molar-refractivity contribution in [2.45, 2.75) is 46.2 Å². The third-order valence-corrected chi connectivity index (χ3v) is 7.03. The van der Waals surface area contributed by atoms with E-state index in [0.717, 1.165) is 22.4 Å². The number of carbonyl (C=O) groups excluding carboxylic acids is 1. The lowest BCUT2D eigenvalue weighted by molar-refractivity contribution is 0.0940. The van der Waals surface area contributed by atoms with Crippen LogP contribution < -0.4 is 5.32 Å². The summed E-state index contributed by atoms with van der Waals surface area (Å²) in [6.45, 7) is 9.10. The molecule has 0 saturated carbocycles. The molecule has 0 bridgehead atoms. The lowest BCUT2D eigenvalue weighted by atomic mass is 9.98. The normalized spacial score (nSPS) is 12.1. The predicted molar refractivity (Wildman–Crippen MR) is 152 cm³/mol. The second kappa shape index (κ2) is 10.4. The van der Waals surface area contributed by atoms with Gasteiger partial charge >= 0.3 is 0 Å². The Labute approximate surface area is 219 Å². The van der Waals surface area contributed by atoms with E-state index in [2.05, 4.69) is 96.5 Å². The Morgan fingerprint density at radius 3 is 2.24 bits per heavy atom. The first-order valence-corrected chi connectivity index (χ1v) is 12.9. The monoisotopic (exact) mass is 487 g/mol. The van der Waals surface area contributed by atoms with Crippen LogP contribution >= 0.6 is 0 Å². The molecule has 0 spiro atoms. The minimum Gasteiger partial charge on any atom is -0.346 e. The van der Waals surface area contributed by atoms with Crippen LogP contribution in [0.1, 0.15) is 65.6 Å². The molecule has 0 aliphatic carbocycles. The molecule has 0 unspecified atom stereocenters. The van der Waals surface area contributed by atoms with Crippen molar-refractivity contribution < 1.29 is 4.79 Å². The molecule has 186 valence electrons. The Bertz CT molecular complexity index is 1530. The molecule has 4 heteroatoms. The second-order valence-corrected chi connectivity index (χ2v) is 10.0. The summed E-state index contributed by atoms with van der Waals surface area (Å²) in [5.74, 6) is 1.30. The summed E-state index contributed by atoms with van der Waals surface area (Å²) in [6.07, 6.45) is 0. The summed E-state index contributed by atoms with van der Waals surface area (Å²) < 4.78 is 2.18. The number of rotatable bonds is 7. The van der Waals surface area contributed by atoms with Crippen molar-refractivity contribution in [3.05, 3.63) is 125 Å². The van der Waals surface area contributed by atoms with Crippen molar-refractivity contribution >= 4 is 16.9 Å². The topological polar surface area (TPSA) is 46.9 Å². The van der Waals surface area contributed by atoms with Crippen molar-refractivity contribution in [2.24, 2.45) is 0 Å². The Morgan fingerprint density at radius 2 is 1.51 bits per heavy atom. The number of aryl methyl sites for hydroxylation is 1. The summed E-state index contributed by atoms with van der Waals surface area (Å²) in [7, 11) is 0. The van der Waals surface area contributed by atoms with Gasteiger partial charge in [-0.05, 0) is 65.8 Å². The molecule has 5 rings (SSSR count). The van der Waals surface area contributed by atoms with Gasteiger partial charge in [-0.3, -0.25) is 4.79 Å². The highest BCUT2D eigenvalue weighted by Gasteiger charge is 2.15. The van der Waals surface area contributed by atoms with Crippen LogP contribution in [0.15, 0.2) is 97.1 Å². The fourth-order valence-corrected chi connectivity index (χ4v) is 4.75. The first-order valence-electron chi connectivity index (χ1n) is 12.9. The van der Waals surface area contributed by atoms with Gasteiger partial charge in [-0.25, -0.2) is 4.98 Å². The third-order valence-electron chi connectivity index (χ3n) is 7.03. The molecule has 1 amide bonds. The molecule has 4 nitrogen and oxygen atoms in total. The van der Waals surface area contributed by atoms with Crippen LogP contribution in [0.4, 0.5) is 0 Å². The fourth-order valence-electron chi connectivity index (χ4n) is 4.75. The summed E-state index contributed by atoms with van der Waals surface area (Å²) in [5, 5.41) is 3.17. The zero-order valence-corrected chi connectivity index (χ0v) is 21.9. The maximum absolute atomic E-state index is 13.2. The number of nitrogens with one attached hydrogen (secondary N) is 1. The van der Waals surface area contributed by atoms with Crippen molar-refractivity contribution in [3.8, 4) is 11.1 Å². The fraction of sp³-hybridized carbons (Fsp3) is 0.212. The lowest BCUT2D eigenvalue weighted by Crippen LogP contribution is -2.26. The number of imidazole rings is 1. The molecule has 1 atom stereocenters. The van der Waals surface area contributed by atoms with Gasteiger partial charge in [-0.15, -0.1) is 0 Å². The zero-order chi connectivity index (χ0) is 25.9. The average molecular weight is 488 g/mol. The van der Waals surface area contributed by atoms with E-state index >= 15 is 0 Å². The largest absolute Gasteiger partial charge is 0.346 e. The minimum atomic E-state index is -0.0864. The highest BCUT2D eigenvalue weighted by molar-refractivity contribution is 5.97. The molecular weight excluding hydrogens is 454 g/mol. The molecule has 0 radical (unpaired) electrons. The summed E-state index contributed by atoms with van der Waals surface area (Å²) in [6, 6.07) is 33.2. The minimum absolute atomic E-state index is 0.0815. The first-order chi connectivity index (χ1) is 17.9. The molecular formula is C33H33N3O. The molecule has 37 heavy (non-hydrogen) atoms. The zero-order valence-electron chi connectivity index (χ0n) is 21.9. The van der Waals surface area contributed by atoms with Crippen LogP contribution in [0.3, 0.4) is 0 Å². The van der Waals surface area contributed by atoms with Crippen LogP contribution in [0, 0.1) is 6.92 Å². The smallest absolute Gasteiger partial charge is 0.251 e. The molecule has 0 aliphatic rings. The Balaban J connectivity index is 1.36. The number of aromatic nitrogens is 2. The number of hydrogen-bond donors (Lipinski definition) is 1. The van der Waals surface area contributed by atoms with Crippen molar-refractivity contribution in [1.82, 2.24) is 14.9 Å². The molecule has 4 aromatic carbocycles. The van der Waals surface area contributed by atoms with E-state index < -0.39 is 0 Å². The quantitative estimate of drug-likeness (QED) is 0.256. The highest BCUT2D eigenvalue weighted by Crippen LogP contribution is 2.24. The van der Waals surface area contributed by atoms with Crippen LogP contribution in [0.25, 0.3) is 22.2 Å². The number of fused-ring (bicyclic) bond motifs is 1. The third kappa shape index (κ3) is 5.34. The van der Waals surface area contributed by atoms with E-state index in [1.54, 1.807) is 0 Å². The number of benzene rings is 4. The van der Waals surface area contributed by atoms with Gasteiger partial charge in [0.05, 0.1) is 17.1 Å². The average Bonchev–Trinajstić information content (AvgIpc) is 3.23. The predicted octanol–water partition coefficient (Wildman–Crippen LogP) is 7.67. The van der Waals surface area contributed by atoms with Crippen LogP contribution in [-0.4, -0.2) is 15.5 Å². The summed E-state index contributed by atoms with van der Waals surface area (Å²) in [4.78, 5) is 17.9. The molecule has 5 aromatic rings. The Morgan fingerprint density at radius 1 is 0.811 bits per heavy atom. The maximum Gasteiger partial charge on any atom is 0.251 e. The molecule has 1 N–H and O–H groups in total. The number of hydrogen-bond acceptors (Lipinski definition) is 2. The summed E-state index contributed by atoms with van der Waals surface area (Å²) in [5.41, 5.74) is 8.48. The molecule has 1 heterocycles. The van der Waals surface area contributed by atoms with Gasteiger partial charge in [0.25, 0.3) is 5.91 Å². The standard InChI is InChI=1S/C33H33N3O/c1-22(2)28-11-8-12-29(19-28)23(3)34-33(37)30-17-18-31-32(20-30)36(24(4)35-31)21-25-13-15-27(16-14-25)26-9-6-5-7-10-26/h5-20,22-23H,21H2,1-4H3,(H,34,37)/t23-/m0/s1. The van der Waals surface area contributed by atoms with Gasteiger partial charge in [0.1, 0.15) is 5.82 Å². The number of carbonyl (C=O) groups is 1. The Hall–Kier alpha value is -4.18. The van der Waals surface area contributed by atoms with Gasteiger partial charge in [-0.2, -0.15) is 0 Å². The van der Waals surface area contributed by atoms with Gasteiger partial charge in [0.2, 0.25) is 0 Å². The van der Waals surface area contributed by atoms with Gasteiger partial charge in [0.15, 0.2) is 0 Å². The highest BCUT2D eigenvalue weighted by atomic mass is 16.1. The number of nitrogens with zero attached hydrogens (tertiary/aromatic N) is 2. The SMILES string of the molecule is Cc1nc2ccc(C(=O)N[C@@H](C)c3cccc(C(C)C)c3)cc2n1Cc1ccc(-c2ccccc2)cc1. The van der Waals surface area contributed by atoms with E-state index in [4.69, 9.17) is 4.98 Å².